The first-order valence-corrected chi connectivity index (χ1v) is 8.37. The lowest BCUT2D eigenvalue weighted by molar-refractivity contribution is 0.394. The minimum Gasteiger partial charge on any atom is -0.507 e. The summed E-state index contributed by atoms with van der Waals surface area (Å²) in [6, 6.07) is 16.0. The summed E-state index contributed by atoms with van der Waals surface area (Å²) < 4.78 is 5.42. The van der Waals surface area contributed by atoms with Crippen molar-refractivity contribution in [1.29, 1.82) is 0 Å². The Labute approximate surface area is 151 Å². The van der Waals surface area contributed by atoms with Gasteiger partial charge in [-0.2, -0.15) is 0 Å². The van der Waals surface area contributed by atoms with Gasteiger partial charge in [0.15, 0.2) is 0 Å². The van der Waals surface area contributed by atoms with E-state index in [1.165, 1.54) is 0 Å². The molecule has 2 aromatic heterocycles. The molecule has 4 rings (SSSR count). The van der Waals surface area contributed by atoms with Gasteiger partial charge in [-0.05, 0) is 55.3 Å². The first-order valence-electron chi connectivity index (χ1n) is 8.37. The van der Waals surface area contributed by atoms with Crippen LogP contribution in [0.4, 0.5) is 0 Å². The molecule has 0 radical (unpaired) electrons. The number of H-pyrrole nitrogens is 1. The van der Waals surface area contributed by atoms with Gasteiger partial charge >= 0.3 is 0 Å². The maximum absolute atomic E-state index is 10.0. The molecule has 4 aromatic rings. The van der Waals surface area contributed by atoms with Crippen molar-refractivity contribution in [3.8, 4) is 34.1 Å². The van der Waals surface area contributed by atoms with Crippen LogP contribution in [0.5, 0.6) is 11.6 Å². The average Bonchev–Trinajstić information content (AvgIpc) is 3.09. The fourth-order valence-corrected chi connectivity index (χ4v) is 3.19. The lowest BCUT2D eigenvalue weighted by Gasteiger charge is -2.10. The molecule has 0 aliphatic rings. The van der Waals surface area contributed by atoms with Crippen LogP contribution < -0.4 is 4.74 Å². The van der Waals surface area contributed by atoms with Gasteiger partial charge in [0.2, 0.25) is 5.88 Å². The van der Waals surface area contributed by atoms with Crippen LogP contribution in [0.15, 0.2) is 48.5 Å². The molecule has 130 valence electrons. The summed E-state index contributed by atoms with van der Waals surface area (Å²) in [5.41, 5.74) is 6.08. The standard InChI is InChI=1S/C21H19N3O2/c1-12-8-15(9-13(2)20(12)25)18-11-16(21(26-3)24-23-18)19-10-14-6-4-5-7-17(14)22-19/h4-11,22,25H,1-3H3. The molecule has 5 heteroatoms. The van der Waals surface area contributed by atoms with Gasteiger partial charge in [-0.1, -0.05) is 18.2 Å². The second kappa shape index (κ2) is 6.19. The summed E-state index contributed by atoms with van der Waals surface area (Å²) in [6.45, 7) is 3.75. The number of hydrogen-bond donors (Lipinski definition) is 2. The maximum Gasteiger partial charge on any atom is 0.242 e. The number of nitrogens with zero attached hydrogens (tertiary/aromatic N) is 2. The highest BCUT2D eigenvalue weighted by Crippen LogP contribution is 2.34. The zero-order chi connectivity index (χ0) is 18.3. The molecule has 0 amide bonds. The number of nitrogens with one attached hydrogen (secondary N) is 1. The van der Waals surface area contributed by atoms with E-state index in [9.17, 15) is 5.11 Å². The van der Waals surface area contributed by atoms with Crippen molar-refractivity contribution in [3.63, 3.8) is 0 Å². The Hall–Kier alpha value is -3.34. The van der Waals surface area contributed by atoms with Gasteiger partial charge in [-0.15, -0.1) is 10.2 Å². The van der Waals surface area contributed by atoms with E-state index in [1.807, 2.05) is 50.2 Å². The normalized spacial score (nSPS) is 11.0. The molecule has 0 saturated carbocycles. The number of aryl methyl sites for hydroxylation is 2. The summed E-state index contributed by atoms with van der Waals surface area (Å²) in [5, 5.41) is 19.7. The molecule has 0 saturated heterocycles. The van der Waals surface area contributed by atoms with Crippen molar-refractivity contribution in [1.82, 2.24) is 15.2 Å². The molecule has 0 aliphatic carbocycles. The van der Waals surface area contributed by atoms with E-state index >= 15 is 0 Å². The van der Waals surface area contributed by atoms with Crippen molar-refractivity contribution >= 4 is 10.9 Å². The molecule has 0 atom stereocenters. The lowest BCUT2D eigenvalue weighted by Crippen LogP contribution is -1.97. The van der Waals surface area contributed by atoms with E-state index in [4.69, 9.17) is 4.74 Å². The van der Waals surface area contributed by atoms with E-state index < -0.39 is 0 Å². The molecule has 26 heavy (non-hydrogen) atoms. The van der Waals surface area contributed by atoms with Crippen LogP contribution in [0.1, 0.15) is 11.1 Å². The van der Waals surface area contributed by atoms with E-state index in [0.717, 1.165) is 44.5 Å². The second-order valence-electron chi connectivity index (χ2n) is 6.38. The number of methoxy groups -OCH3 is 1. The fourth-order valence-electron chi connectivity index (χ4n) is 3.19. The summed E-state index contributed by atoms with van der Waals surface area (Å²) >= 11 is 0. The van der Waals surface area contributed by atoms with E-state index in [2.05, 4.69) is 27.3 Å². The van der Waals surface area contributed by atoms with Gasteiger partial charge in [-0.3, -0.25) is 0 Å². The average molecular weight is 345 g/mol. The van der Waals surface area contributed by atoms with Gasteiger partial charge in [0.05, 0.1) is 24.1 Å². The Balaban J connectivity index is 1.88. The molecular formula is C21H19N3O2. The topological polar surface area (TPSA) is 71.0 Å². The van der Waals surface area contributed by atoms with Crippen LogP contribution in [0.2, 0.25) is 0 Å². The molecule has 5 nitrogen and oxygen atoms in total. The summed E-state index contributed by atoms with van der Waals surface area (Å²) in [6.07, 6.45) is 0. The number of benzene rings is 2. The van der Waals surface area contributed by atoms with Crippen LogP contribution in [0.3, 0.4) is 0 Å². The molecule has 2 N–H and O–H groups in total. The van der Waals surface area contributed by atoms with Crippen molar-refractivity contribution in [2.75, 3.05) is 7.11 Å². The number of phenols is 1. The molecule has 2 heterocycles. The minimum atomic E-state index is 0.311. The number of hydrogen-bond acceptors (Lipinski definition) is 4. The van der Waals surface area contributed by atoms with Crippen molar-refractivity contribution in [3.05, 3.63) is 59.7 Å². The Bertz CT molecular complexity index is 1060. The predicted octanol–water partition coefficient (Wildman–Crippen LogP) is 4.62. The third kappa shape index (κ3) is 2.67. The Morgan fingerprint density at radius 1 is 0.962 bits per heavy atom. The van der Waals surface area contributed by atoms with E-state index in [1.54, 1.807) is 7.11 Å². The number of aromatic nitrogens is 3. The molecular weight excluding hydrogens is 326 g/mol. The number of rotatable bonds is 3. The highest BCUT2D eigenvalue weighted by molar-refractivity contribution is 5.87. The number of fused-ring (bicyclic) bond motifs is 1. The number of phenolic OH excluding ortho intramolecular Hbond substituents is 1. The SMILES string of the molecule is COc1nnc(-c2cc(C)c(O)c(C)c2)cc1-c1cc2ccccc2[nH]1. The van der Waals surface area contributed by atoms with Crippen LogP contribution in [-0.2, 0) is 0 Å². The molecule has 0 bridgehead atoms. The summed E-state index contributed by atoms with van der Waals surface area (Å²) in [5.74, 6) is 0.776. The molecule has 0 spiro atoms. The van der Waals surface area contributed by atoms with Crippen molar-refractivity contribution in [2.45, 2.75) is 13.8 Å². The van der Waals surface area contributed by atoms with Gasteiger partial charge in [0.25, 0.3) is 0 Å². The van der Waals surface area contributed by atoms with Crippen LogP contribution in [0, 0.1) is 13.8 Å². The third-order valence-electron chi connectivity index (χ3n) is 4.56. The molecule has 2 aromatic carbocycles. The molecule has 0 aliphatic heterocycles. The number of aromatic amines is 1. The monoisotopic (exact) mass is 345 g/mol. The van der Waals surface area contributed by atoms with Gasteiger partial charge in [0, 0.05) is 16.5 Å². The lowest BCUT2D eigenvalue weighted by atomic mass is 10.0. The smallest absolute Gasteiger partial charge is 0.242 e. The molecule has 0 fully saturated rings. The first-order chi connectivity index (χ1) is 12.6. The highest BCUT2D eigenvalue weighted by atomic mass is 16.5. The van der Waals surface area contributed by atoms with E-state index in [0.29, 0.717) is 11.6 Å². The second-order valence-corrected chi connectivity index (χ2v) is 6.38. The largest absolute Gasteiger partial charge is 0.507 e. The van der Waals surface area contributed by atoms with Gasteiger partial charge < -0.3 is 14.8 Å². The van der Waals surface area contributed by atoms with Crippen molar-refractivity contribution < 1.29 is 9.84 Å². The minimum absolute atomic E-state index is 0.311. The first kappa shape index (κ1) is 16.1. The quantitative estimate of drug-likeness (QED) is 0.568. The predicted molar refractivity (Wildman–Crippen MR) is 102 cm³/mol. The molecule has 0 unspecified atom stereocenters. The fraction of sp³-hybridized carbons (Fsp3) is 0.143. The zero-order valence-corrected chi connectivity index (χ0v) is 14.9. The van der Waals surface area contributed by atoms with Crippen LogP contribution >= 0.6 is 0 Å². The Kier molecular flexibility index (Phi) is 3.84. The maximum atomic E-state index is 10.0. The van der Waals surface area contributed by atoms with Crippen LogP contribution in [-0.4, -0.2) is 27.4 Å². The zero-order valence-electron chi connectivity index (χ0n) is 14.9. The summed E-state index contributed by atoms with van der Waals surface area (Å²) in [7, 11) is 1.59. The number of ether oxygens (including phenoxy) is 1. The summed E-state index contributed by atoms with van der Waals surface area (Å²) in [4.78, 5) is 3.41. The number of para-hydroxylation sites is 1. The van der Waals surface area contributed by atoms with Crippen molar-refractivity contribution in [2.24, 2.45) is 0 Å². The van der Waals surface area contributed by atoms with Gasteiger partial charge in [-0.25, -0.2) is 0 Å². The van der Waals surface area contributed by atoms with Crippen LogP contribution in [0.25, 0.3) is 33.4 Å². The van der Waals surface area contributed by atoms with E-state index in [-0.39, 0.29) is 0 Å². The number of aromatic hydroxyl groups is 1. The third-order valence-corrected chi connectivity index (χ3v) is 4.56. The highest BCUT2D eigenvalue weighted by Gasteiger charge is 2.14. The Morgan fingerprint density at radius 2 is 1.69 bits per heavy atom. The van der Waals surface area contributed by atoms with Gasteiger partial charge in [0.1, 0.15) is 5.75 Å². The Morgan fingerprint density at radius 3 is 2.38 bits per heavy atom.